The summed E-state index contributed by atoms with van der Waals surface area (Å²) >= 11 is 0. The molecule has 1 radical (unpaired) electrons. The maximum absolute atomic E-state index is 9.10. The van der Waals surface area contributed by atoms with Gasteiger partial charge in [-0.3, -0.25) is 0 Å². The van der Waals surface area contributed by atoms with Gasteiger partial charge in [0, 0.05) is 13.1 Å². The molecule has 0 aromatic heterocycles. The zero-order valence-electron chi connectivity index (χ0n) is 10.6. The lowest BCUT2D eigenvalue weighted by Crippen LogP contribution is -2.21. The number of piperidine rings is 1. The Balaban J connectivity index is 2.30. The summed E-state index contributed by atoms with van der Waals surface area (Å²) in [5.74, 6) is 1.05. The highest BCUT2D eigenvalue weighted by Gasteiger charge is 2.17. The van der Waals surface area contributed by atoms with E-state index >= 15 is 0 Å². The number of nitrogens with zero attached hydrogens (tertiary/aromatic N) is 2. The van der Waals surface area contributed by atoms with Crippen LogP contribution in [-0.2, 0) is 0 Å². The average molecular weight is 227 g/mol. The fourth-order valence-corrected chi connectivity index (χ4v) is 2.50. The summed E-state index contributed by atoms with van der Waals surface area (Å²) in [6.07, 6.45) is 2.31. The van der Waals surface area contributed by atoms with Crippen LogP contribution in [0.4, 0.5) is 0 Å². The Morgan fingerprint density at radius 2 is 2.00 bits per heavy atom. The van der Waals surface area contributed by atoms with Crippen molar-refractivity contribution >= 4 is 0 Å². The molecule has 17 heavy (non-hydrogen) atoms. The second kappa shape index (κ2) is 5.33. The van der Waals surface area contributed by atoms with Crippen LogP contribution < -0.4 is 5.32 Å². The molecule has 2 rings (SSSR count). The number of rotatable bonds is 2. The quantitative estimate of drug-likeness (QED) is 0.764. The highest BCUT2D eigenvalue weighted by atomic mass is 14.9. The normalized spacial score (nSPS) is 17.1. The fourth-order valence-electron chi connectivity index (χ4n) is 2.50. The molecule has 2 nitrogen and oxygen atoms in total. The van der Waals surface area contributed by atoms with Gasteiger partial charge in [-0.15, -0.1) is 0 Å². The summed E-state index contributed by atoms with van der Waals surface area (Å²) in [5.41, 5.74) is 3.40. The van der Waals surface area contributed by atoms with E-state index in [4.69, 9.17) is 5.26 Å². The van der Waals surface area contributed by atoms with E-state index in [0.29, 0.717) is 11.8 Å². The van der Waals surface area contributed by atoms with Crippen LogP contribution >= 0.6 is 0 Å². The van der Waals surface area contributed by atoms with Gasteiger partial charge in [0.15, 0.2) is 0 Å². The van der Waals surface area contributed by atoms with Crippen molar-refractivity contribution in [3.63, 3.8) is 0 Å². The lowest BCUT2D eigenvalue weighted by atomic mass is 9.86. The van der Waals surface area contributed by atoms with Crippen LogP contribution in [0.1, 0.15) is 55.2 Å². The fraction of sp³-hybridized carbons (Fsp3) is 0.533. The predicted molar refractivity (Wildman–Crippen MR) is 69.1 cm³/mol. The number of hydrogen-bond acceptors (Lipinski definition) is 1. The molecule has 0 N–H and O–H groups in total. The summed E-state index contributed by atoms with van der Waals surface area (Å²) < 4.78 is 0. The Kier molecular flexibility index (Phi) is 3.81. The second-order valence-corrected chi connectivity index (χ2v) is 5.06. The van der Waals surface area contributed by atoms with Gasteiger partial charge >= 0.3 is 0 Å². The minimum absolute atomic E-state index is 0.415. The summed E-state index contributed by atoms with van der Waals surface area (Å²) in [4.78, 5) is 0. The molecule has 0 amide bonds. The molecule has 1 aliphatic heterocycles. The summed E-state index contributed by atoms with van der Waals surface area (Å²) in [7, 11) is 0. The number of hydrogen-bond donors (Lipinski definition) is 0. The van der Waals surface area contributed by atoms with E-state index in [2.05, 4.69) is 37.4 Å². The molecule has 1 saturated heterocycles. The summed E-state index contributed by atoms with van der Waals surface area (Å²) in [6, 6.07) is 8.63. The van der Waals surface area contributed by atoms with Crippen molar-refractivity contribution in [1.82, 2.24) is 5.32 Å². The van der Waals surface area contributed by atoms with E-state index < -0.39 is 0 Å². The van der Waals surface area contributed by atoms with Crippen LogP contribution in [0.5, 0.6) is 0 Å². The Hall–Kier alpha value is -1.33. The first-order chi connectivity index (χ1) is 8.22. The summed E-state index contributed by atoms with van der Waals surface area (Å²) in [6.45, 7) is 6.27. The first-order valence-corrected chi connectivity index (χ1v) is 6.39. The van der Waals surface area contributed by atoms with Gasteiger partial charge in [-0.05, 0) is 41.9 Å². The molecule has 2 heteroatoms. The molecule has 0 spiro atoms. The van der Waals surface area contributed by atoms with E-state index in [1.54, 1.807) is 0 Å². The molecule has 89 valence electrons. The lowest BCUT2D eigenvalue weighted by molar-refractivity contribution is 0.453. The molecule has 1 fully saturated rings. The largest absolute Gasteiger partial charge is 0.242 e. The minimum atomic E-state index is 0.415. The maximum Gasteiger partial charge on any atom is 0.0994 e. The summed E-state index contributed by atoms with van der Waals surface area (Å²) in [5, 5.41) is 13.5. The Labute approximate surface area is 104 Å². The smallest absolute Gasteiger partial charge is 0.0994 e. The van der Waals surface area contributed by atoms with E-state index in [1.165, 1.54) is 11.1 Å². The third-order valence-corrected chi connectivity index (χ3v) is 3.56. The molecule has 0 atom stereocenters. The zero-order chi connectivity index (χ0) is 12.3. The van der Waals surface area contributed by atoms with Crippen molar-refractivity contribution in [2.24, 2.45) is 0 Å². The molecule has 0 unspecified atom stereocenters. The standard InChI is InChI=1S/C15H19N2/c1-11(2)15-9-13(3-4-14(15)10-16)12-5-7-17-8-6-12/h3-4,9,11-12H,5-8H2,1-2H3. The van der Waals surface area contributed by atoms with E-state index in [9.17, 15) is 0 Å². The topological polar surface area (TPSA) is 37.9 Å². The van der Waals surface area contributed by atoms with Gasteiger partial charge in [-0.25, -0.2) is 5.32 Å². The zero-order valence-corrected chi connectivity index (χ0v) is 10.6. The molecular formula is C15H19N2. The molecule has 0 saturated carbocycles. The molecule has 0 bridgehead atoms. The molecule has 1 aromatic carbocycles. The number of nitriles is 1. The van der Waals surface area contributed by atoms with Crippen LogP contribution in [-0.4, -0.2) is 13.1 Å². The van der Waals surface area contributed by atoms with Crippen LogP contribution in [0.3, 0.4) is 0 Å². The molecule has 1 aliphatic rings. The van der Waals surface area contributed by atoms with Crippen LogP contribution in [0.2, 0.25) is 0 Å². The van der Waals surface area contributed by atoms with E-state index in [0.717, 1.165) is 31.5 Å². The second-order valence-electron chi connectivity index (χ2n) is 5.06. The van der Waals surface area contributed by atoms with Gasteiger partial charge in [0.1, 0.15) is 0 Å². The highest BCUT2D eigenvalue weighted by molar-refractivity contribution is 5.43. The van der Waals surface area contributed by atoms with E-state index in [1.807, 2.05) is 6.07 Å². The average Bonchev–Trinajstić information content (AvgIpc) is 2.39. The SMILES string of the molecule is CC(C)c1cc(C2CC[N]CC2)ccc1C#N. The predicted octanol–water partition coefficient (Wildman–Crippen LogP) is 3.16. The van der Waals surface area contributed by atoms with Gasteiger partial charge in [0.25, 0.3) is 0 Å². The van der Waals surface area contributed by atoms with Crippen molar-refractivity contribution < 1.29 is 0 Å². The first-order valence-electron chi connectivity index (χ1n) is 6.39. The Bertz CT molecular complexity index is 423. The van der Waals surface area contributed by atoms with Crippen molar-refractivity contribution in [2.45, 2.75) is 38.5 Å². The lowest BCUT2D eigenvalue weighted by Gasteiger charge is -2.23. The van der Waals surface area contributed by atoms with Crippen LogP contribution in [0, 0.1) is 11.3 Å². The Morgan fingerprint density at radius 1 is 1.29 bits per heavy atom. The highest BCUT2D eigenvalue weighted by Crippen LogP contribution is 2.29. The minimum Gasteiger partial charge on any atom is -0.242 e. The van der Waals surface area contributed by atoms with Gasteiger partial charge in [-0.2, -0.15) is 5.26 Å². The molecular weight excluding hydrogens is 208 g/mol. The third-order valence-electron chi connectivity index (χ3n) is 3.56. The third kappa shape index (κ3) is 2.68. The monoisotopic (exact) mass is 227 g/mol. The first kappa shape index (κ1) is 12.1. The van der Waals surface area contributed by atoms with Crippen molar-refractivity contribution in [2.75, 3.05) is 13.1 Å². The van der Waals surface area contributed by atoms with Crippen LogP contribution in [0.15, 0.2) is 18.2 Å². The van der Waals surface area contributed by atoms with Crippen molar-refractivity contribution in [3.8, 4) is 6.07 Å². The maximum atomic E-state index is 9.10. The van der Waals surface area contributed by atoms with E-state index in [-0.39, 0.29) is 0 Å². The van der Waals surface area contributed by atoms with Crippen molar-refractivity contribution in [1.29, 1.82) is 5.26 Å². The van der Waals surface area contributed by atoms with Gasteiger partial charge in [0.2, 0.25) is 0 Å². The molecule has 0 aliphatic carbocycles. The van der Waals surface area contributed by atoms with Gasteiger partial charge < -0.3 is 0 Å². The van der Waals surface area contributed by atoms with Crippen molar-refractivity contribution in [3.05, 3.63) is 34.9 Å². The van der Waals surface area contributed by atoms with Gasteiger partial charge in [-0.1, -0.05) is 26.0 Å². The molecule has 1 heterocycles. The number of benzene rings is 1. The van der Waals surface area contributed by atoms with Crippen LogP contribution in [0.25, 0.3) is 0 Å². The van der Waals surface area contributed by atoms with Gasteiger partial charge in [0.05, 0.1) is 11.6 Å². The molecule has 1 aromatic rings. The Morgan fingerprint density at radius 3 is 2.59 bits per heavy atom.